The van der Waals surface area contributed by atoms with Crippen LogP contribution in [-0.2, 0) is 17.8 Å². The van der Waals surface area contributed by atoms with Gasteiger partial charge in [0.2, 0.25) is 0 Å². The molecule has 2 aromatic heterocycles. The molecule has 0 atom stereocenters. The smallest absolute Gasteiger partial charge is 0.354 e. The molecule has 260 valence electrons. The van der Waals surface area contributed by atoms with Gasteiger partial charge in [-0.25, -0.2) is 14.6 Å². The number of phenolic OH excluding ortho intramolecular Hbond substituents is 1. The van der Waals surface area contributed by atoms with Crippen LogP contribution < -0.4 is 16.1 Å². The van der Waals surface area contributed by atoms with Crippen LogP contribution in [0.2, 0.25) is 0 Å². The molecule has 0 bridgehead atoms. The van der Waals surface area contributed by atoms with Gasteiger partial charge >= 0.3 is 11.9 Å². The van der Waals surface area contributed by atoms with Gasteiger partial charge in [-0.1, -0.05) is 54.6 Å². The molecule has 4 aromatic carbocycles. The van der Waals surface area contributed by atoms with Crippen molar-refractivity contribution in [2.24, 2.45) is 0 Å². The SMILES string of the molecule is COC(=O)c1ccccc1-c1c2ccc(=O)c(CNc3cccc4cccnc34)c-2oc2c(CNc3cccc4ccc(C(=O)O)nc34)c(O)ccc12. The molecule has 0 spiro atoms. The van der Waals surface area contributed by atoms with E-state index in [9.17, 15) is 24.6 Å². The van der Waals surface area contributed by atoms with E-state index in [0.29, 0.717) is 50.0 Å². The third-order valence-corrected chi connectivity index (χ3v) is 9.28. The molecule has 1 aliphatic heterocycles. The summed E-state index contributed by atoms with van der Waals surface area (Å²) in [5.41, 5.74) is 5.07. The highest BCUT2D eigenvalue weighted by atomic mass is 16.5. The van der Waals surface area contributed by atoms with Crippen LogP contribution in [0.25, 0.3) is 55.2 Å². The quantitative estimate of drug-likeness (QED) is 0.0849. The predicted molar refractivity (Wildman–Crippen MR) is 203 cm³/mol. The standard InChI is InChI=1S/C42H30N4O7/c1-52-42(51)26-11-3-2-10-25(26)36-27-15-18-34(47)29(21-44-31-12-4-7-23-9-6-20-43-37(23)31)39(27)53-40-28(36)16-19-35(48)30(40)22-45-32-13-5-8-24-14-17-33(41(49)50)46-38(24)32/h2-20,44-45,48H,21-22H2,1H3,(H,49,50). The van der Waals surface area contributed by atoms with Crippen molar-refractivity contribution < 1.29 is 29.0 Å². The number of hydrogen-bond donors (Lipinski definition) is 4. The Bertz CT molecular complexity index is 2770. The lowest BCUT2D eigenvalue weighted by Gasteiger charge is -2.21. The number of rotatable bonds is 9. The number of anilines is 2. The van der Waals surface area contributed by atoms with Crippen LogP contribution in [0.15, 0.2) is 125 Å². The van der Waals surface area contributed by atoms with Gasteiger partial charge in [0.15, 0.2) is 5.43 Å². The maximum atomic E-state index is 13.7. The third-order valence-electron chi connectivity index (χ3n) is 9.28. The second kappa shape index (κ2) is 13.5. The zero-order valence-electron chi connectivity index (χ0n) is 28.2. The fourth-order valence-electron chi connectivity index (χ4n) is 6.74. The number of esters is 1. The summed E-state index contributed by atoms with van der Waals surface area (Å²) in [7, 11) is 1.31. The van der Waals surface area contributed by atoms with Crippen LogP contribution in [0.3, 0.4) is 0 Å². The first-order chi connectivity index (χ1) is 25.8. The number of methoxy groups -OCH3 is 1. The molecule has 0 saturated carbocycles. The largest absolute Gasteiger partial charge is 0.507 e. The average Bonchev–Trinajstić information content (AvgIpc) is 3.18. The number of carbonyl (C=O) groups is 2. The van der Waals surface area contributed by atoms with E-state index in [0.717, 1.165) is 22.0 Å². The molecule has 0 radical (unpaired) electrons. The van der Waals surface area contributed by atoms with E-state index in [2.05, 4.69) is 20.6 Å². The summed E-state index contributed by atoms with van der Waals surface area (Å²) in [6.07, 6.45) is 1.71. The second-order valence-corrected chi connectivity index (χ2v) is 12.3. The molecule has 1 aliphatic carbocycles. The summed E-state index contributed by atoms with van der Waals surface area (Å²) in [6, 6.07) is 31.5. The minimum atomic E-state index is -1.15. The van der Waals surface area contributed by atoms with Crippen LogP contribution >= 0.6 is 0 Å². The van der Waals surface area contributed by atoms with Crippen LogP contribution in [0.5, 0.6) is 5.75 Å². The normalized spacial score (nSPS) is 11.3. The molecule has 3 heterocycles. The van der Waals surface area contributed by atoms with Gasteiger partial charge in [0.05, 0.1) is 46.2 Å². The first kappa shape index (κ1) is 32.9. The highest BCUT2D eigenvalue weighted by Crippen LogP contribution is 2.45. The van der Waals surface area contributed by atoms with Gasteiger partial charge in [-0.15, -0.1) is 0 Å². The number of carbonyl (C=O) groups excluding carboxylic acids is 1. The Labute approximate surface area is 301 Å². The minimum Gasteiger partial charge on any atom is -0.507 e. The molecule has 0 fully saturated rings. The van der Waals surface area contributed by atoms with Crippen molar-refractivity contribution >= 4 is 56.1 Å². The number of aromatic nitrogens is 2. The van der Waals surface area contributed by atoms with Crippen molar-refractivity contribution in [1.82, 2.24) is 9.97 Å². The number of ether oxygens (including phenoxy) is 1. The van der Waals surface area contributed by atoms with Crippen LogP contribution in [-0.4, -0.2) is 39.2 Å². The molecule has 0 amide bonds. The molecule has 11 nitrogen and oxygen atoms in total. The Morgan fingerprint density at radius 1 is 0.755 bits per heavy atom. The van der Waals surface area contributed by atoms with Gasteiger partial charge in [-0.2, -0.15) is 0 Å². The lowest BCUT2D eigenvalue weighted by Crippen LogP contribution is -2.15. The Balaban J connectivity index is 1.33. The van der Waals surface area contributed by atoms with Crippen molar-refractivity contribution in [2.75, 3.05) is 17.7 Å². The number of carboxylic acids is 1. The van der Waals surface area contributed by atoms with Crippen molar-refractivity contribution in [3.8, 4) is 28.2 Å². The first-order valence-corrected chi connectivity index (χ1v) is 16.7. The molecular weight excluding hydrogens is 672 g/mol. The maximum absolute atomic E-state index is 13.7. The maximum Gasteiger partial charge on any atom is 0.354 e. The third kappa shape index (κ3) is 5.89. The number of fused-ring (bicyclic) bond motifs is 4. The highest BCUT2D eigenvalue weighted by Gasteiger charge is 2.27. The van der Waals surface area contributed by atoms with E-state index in [1.54, 1.807) is 54.7 Å². The number of nitrogens with zero attached hydrogens (tertiary/aromatic N) is 2. The van der Waals surface area contributed by atoms with Crippen molar-refractivity contribution in [2.45, 2.75) is 13.1 Å². The van der Waals surface area contributed by atoms with Crippen molar-refractivity contribution in [1.29, 1.82) is 0 Å². The topological polar surface area (TPSA) is 164 Å². The van der Waals surface area contributed by atoms with Gasteiger partial charge in [0, 0.05) is 46.6 Å². The summed E-state index contributed by atoms with van der Waals surface area (Å²) in [4.78, 5) is 47.4. The van der Waals surface area contributed by atoms with Gasteiger partial charge in [0.1, 0.15) is 22.8 Å². The van der Waals surface area contributed by atoms with Crippen molar-refractivity contribution in [3.05, 3.63) is 148 Å². The number of hydrogen-bond acceptors (Lipinski definition) is 10. The van der Waals surface area contributed by atoms with E-state index in [4.69, 9.17) is 9.15 Å². The zero-order valence-corrected chi connectivity index (χ0v) is 28.2. The number of aromatic carboxylic acids is 1. The van der Waals surface area contributed by atoms with Gasteiger partial charge in [-0.3, -0.25) is 9.78 Å². The second-order valence-electron chi connectivity index (χ2n) is 12.3. The lowest BCUT2D eigenvalue weighted by molar-refractivity contribution is 0.0600. The Kier molecular flexibility index (Phi) is 8.35. The minimum absolute atomic E-state index is 0.0285. The Morgan fingerprint density at radius 2 is 1.47 bits per heavy atom. The van der Waals surface area contributed by atoms with E-state index >= 15 is 0 Å². The number of carboxylic acid groups (broad SMARTS) is 1. The summed E-state index contributed by atoms with van der Waals surface area (Å²) < 4.78 is 11.9. The predicted octanol–water partition coefficient (Wildman–Crippen LogP) is 8.08. The number of nitrogens with one attached hydrogen (secondary N) is 2. The van der Waals surface area contributed by atoms with Gasteiger partial charge in [0.25, 0.3) is 0 Å². The zero-order chi connectivity index (χ0) is 36.6. The molecule has 6 aromatic rings. The first-order valence-electron chi connectivity index (χ1n) is 16.7. The van der Waals surface area contributed by atoms with Crippen LogP contribution in [0, 0.1) is 0 Å². The fraction of sp³-hybridized carbons (Fsp3) is 0.0714. The molecule has 0 saturated heterocycles. The Morgan fingerprint density at radius 3 is 2.25 bits per heavy atom. The highest BCUT2D eigenvalue weighted by molar-refractivity contribution is 6.09. The number of aromatic hydroxyl groups is 1. The van der Waals surface area contributed by atoms with E-state index in [1.165, 1.54) is 19.2 Å². The van der Waals surface area contributed by atoms with Crippen LogP contribution in [0.4, 0.5) is 11.4 Å². The summed E-state index contributed by atoms with van der Waals surface area (Å²) >= 11 is 0. The molecular formula is C42H30N4O7. The Hall–Kier alpha value is -7.27. The number of benzene rings is 5. The van der Waals surface area contributed by atoms with E-state index in [-0.39, 0.29) is 41.3 Å². The fourth-order valence-corrected chi connectivity index (χ4v) is 6.74. The molecule has 2 aliphatic rings. The van der Waals surface area contributed by atoms with E-state index < -0.39 is 11.9 Å². The molecule has 4 N–H and O–H groups in total. The molecule has 53 heavy (non-hydrogen) atoms. The van der Waals surface area contributed by atoms with E-state index in [1.807, 2.05) is 48.5 Å². The number of pyridine rings is 2. The molecule has 0 unspecified atom stereocenters. The van der Waals surface area contributed by atoms with Crippen LogP contribution in [0.1, 0.15) is 32.0 Å². The lowest BCUT2D eigenvalue weighted by atomic mass is 9.88. The number of para-hydroxylation sites is 2. The summed E-state index contributed by atoms with van der Waals surface area (Å²) in [5.74, 6) is -1.51. The van der Waals surface area contributed by atoms with Crippen molar-refractivity contribution in [3.63, 3.8) is 0 Å². The number of phenols is 1. The van der Waals surface area contributed by atoms with Gasteiger partial charge in [-0.05, 0) is 60.2 Å². The summed E-state index contributed by atoms with van der Waals surface area (Å²) in [5, 5.41) is 29.9. The summed E-state index contributed by atoms with van der Waals surface area (Å²) in [6.45, 7) is 0.111. The monoisotopic (exact) mass is 702 g/mol. The average molecular weight is 703 g/mol. The van der Waals surface area contributed by atoms with Gasteiger partial charge < -0.3 is 30.0 Å². The molecule has 11 heteroatoms. The molecule has 8 rings (SSSR count).